The van der Waals surface area contributed by atoms with E-state index in [4.69, 9.17) is 18.5 Å². The molecule has 10 heteroatoms. The van der Waals surface area contributed by atoms with Crippen molar-refractivity contribution in [1.82, 2.24) is 0 Å². The van der Waals surface area contributed by atoms with Gasteiger partial charge in [-0.05, 0) is 77.0 Å². The van der Waals surface area contributed by atoms with E-state index < -0.39 is 32.5 Å². The number of hydrogen-bond donors (Lipinski definition) is 0. The molecule has 0 fully saturated rings. The summed E-state index contributed by atoms with van der Waals surface area (Å²) >= 11 is 0. The third-order valence-corrected chi connectivity index (χ3v) is 10.2. The van der Waals surface area contributed by atoms with E-state index >= 15 is 0 Å². The maximum atomic E-state index is 12.7. The molecule has 0 aliphatic rings. The van der Waals surface area contributed by atoms with Crippen LogP contribution in [0.25, 0.3) is 0 Å². The minimum absolute atomic E-state index is 0.0503. The molecule has 0 bridgehead atoms. The highest BCUT2D eigenvalue weighted by molar-refractivity contribution is 7.45. The maximum absolute atomic E-state index is 12.7. The zero-order valence-corrected chi connectivity index (χ0v) is 38.4. The first kappa shape index (κ1) is 55.5. The number of phosphoric ester groups is 1. The van der Waals surface area contributed by atoms with E-state index in [-0.39, 0.29) is 26.1 Å². The molecule has 0 saturated heterocycles. The monoisotopic (exact) mass is 834 g/mol. The molecular weight excluding hydrogens is 750 g/mol. The molecule has 9 nitrogen and oxygen atoms in total. The lowest BCUT2D eigenvalue weighted by Crippen LogP contribution is -2.37. The minimum Gasteiger partial charge on any atom is -0.756 e. The summed E-state index contributed by atoms with van der Waals surface area (Å²) in [6.45, 7) is 4.07. The number of carbonyl (C=O) groups excluding carboxylic acids is 2. The fraction of sp³-hybridized carbons (Fsp3) is 0.708. The summed E-state index contributed by atoms with van der Waals surface area (Å²) in [4.78, 5) is 37.5. The van der Waals surface area contributed by atoms with Crippen molar-refractivity contribution in [3.8, 4) is 0 Å². The molecule has 2 atom stereocenters. The highest BCUT2D eigenvalue weighted by Gasteiger charge is 2.21. The van der Waals surface area contributed by atoms with Gasteiger partial charge in [-0.2, -0.15) is 0 Å². The Bertz CT molecular complexity index is 1220. The minimum atomic E-state index is -4.65. The van der Waals surface area contributed by atoms with Crippen molar-refractivity contribution in [1.29, 1.82) is 0 Å². The van der Waals surface area contributed by atoms with Gasteiger partial charge < -0.3 is 27.9 Å². The number of phosphoric acid groups is 1. The highest BCUT2D eigenvalue weighted by atomic mass is 31.2. The third-order valence-electron chi connectivity index (χ3n) is 9.20. The highest BCUT2D eigenvalue weighted by Crippen LogP contribution is 2.38. The number of ether oxygens (including phenoxy) is 2. The largest absolute Gasteiger partial charge is 0.756 e. The van der Waals surface area contributed by atoms with E-state index in [0.717, 1.165) is 38.5 Å². The Morgan fingerprint density at radius 3 is 1.41 bits per heavy atom. The molecule has 0 amide bonds. The molecule has 0 radical (unpaired) electrons. The Morgan fingerprint density at radius 2 is 0.931 bits per heavy atom. The second kappa shape index (κ2) is 39.9. The number of carbonyl (C=O) groups is 2. The number of esters is 2. The summed E-state index contributed by atoms with van der Waals surface area (Å²) in [6.07, 6.45) is 49.5. The topological polar surface area (TPSA) is 111 Å². The summed E-state index contributed by atoms with van der Waals surface area (Å²) in [5.41, 5.74) is 0. The first-order valence-corrected chi connectivity index (χ1v) is 24.1. The Balaban J connectivity index is 4.52. The number of allylic oxidation sites excluding steroid dienone is 12. The van der Waals surface area contributed by atoms with Gasteiger partial charge in [-0.1, -0.05) is 151 Å². The van der Waals surface area contributed by atoms with Crippen molar-refractivity contribution in [2.24, 2.45) is 0 Å². The third kappa shape index (κ3) is 43.0. The molecule has 0 aromatic heterocycles. The SMILES string of the molecule is CCCCC/C=C/C/C=C/C/C=C/C/C=C/CCCC(=O)O[C@H](COC(=O)CCC/C=C/C/C=C/CCCCCCCCCCC)COP(=O)([O-])OCC[N+](C)(C)C. The molecule has 0 heterocycles. The van der Waals surface area contributed by atoms with Gasteiger partial charge in [0.05, 0.1) is 27.7 Å². The normalized spacial score (nSPS) is 14.2. The van der Waals surface area contributed by atoms with Crippen LogP contribution in [0.5, 0.6) is 0 Å². The van der Waals surface area contributed by atoms with Crippen LogP contribution in [-0.2, 0) is 32.7 Å². The predicted octanol–water partition coefficient (Wildman–Crippen LogP) is 12.4. The summed E-state index contributed by atoms with van der Waals surface area (Å²) in [5.74, 6) is -0.958. The number of unbranched alkanes of at least 4 members (excludes halogenated alkanes) is 14. The van der Waals surface area contributed by atoms with Crippen molar-refractivity contribution < 1.29 is 42.1 Å². The first-order chi connectivity index (χ1) is 28.0. The fourth-order valence-electron chi connectivity index (χ4n) is 5.63. The standard InChI is InChI=1S/C48H84NO8P/c1-6-8-10-12-14-16-18-20-22-24-26-28-30-32-34-36-38-40-47(50)54-44-46(45-56-58(52,53)55-43-42-49(3,4)5)57-48(51)41-39-37-35-33-31-29-27-25-23-21-19-17-15-13-11-9-7-2/h15,17,21,23,26-29,32-35,46H,6-14,16,18-20,22,24-25,30-31,36-45H2,1-5H3/b17-15+,23-21+,28-26+,29-27+,34-32+,35-33+/t46-/m1/s1. The van der Waals surface area contributed by atoms with E-state index in [2.05, 4.69) is 80.7 Å². The van der Waals surface area contributed by atoms with Crippen molar-refractivity contribution in [3.05, 3.63) is 72.9 Å². The summed E-state index contributed by atoms with van der Waals surface area (Å²) in [6, 6.07) is 0. The van der Waals surface area contributed by atoms with E-state index in [0.29, 0.717) is 30.3 Å². The zero-order chi connectivity index (χ0) is 42.8. The van der Waals surface area contributed by atoms with Crippen LogP contribution in [0.3, 0.4) is 0 Å². The van der Waals surface area contributed by atoms with Crippen molar-refractivity contribution in [3.63, 3.8) is 0 Å². The van der Waals surface area contributed by atoms with Crippen LogP contribution in [0.1, 0.15) is 168 Å². The molecule has 0 aromatic rings. The molecule has 0 aromatic carbocycles. The van der Waals surface area contributed by atoms with Gasteiger partial charge in [0, 0.05) is 12.8 Å². The van der Waals surface area contributed by atoms with Gasteiger partial charge in [0.1, 0.15) is 19.8 Å². The molecule has 1 unspecified atom stereocenters. The molecule has 0 rings (SSSR count). The van der Waals surface area contributed by atoms with Gasteiger partial charge in [0.25, 0.3) is 7.82 Å². The summed E-state index contributed by atoms with van der Waals surface area (Å²) in [5, 5.41) is 0. The molecule has 0 aliphatic heterocycles. The Morgan fingerprint density at radius 1 is 0.534 bits per heavy atom. The molecule has 58 heavy (non-hydrogen) atoms. The van der Waals surface area contributed by atoms with E-state index in [1.165, 1.54) is 83.5 Å². The number of quaternary nitrogens is 1. The van der Waals surface area contributed by atoms with Crippen LogP contribution in [0.2, 0.25) is 0 Å². The average Bonchev–Trinajstić information content (AvgIpc) is 3.17. The molecule has 0 spiro atoms. The molecular formula is C48H84NO8P. The Hall–Kier alpha value is -2.55. The van der Waals surface area contributed by atoms with E-state index in [9.17, 15) is 19.0 Å². The van der Waals surface area contributed by atoms with Crippen molar-refractivity contribution >= 4 is 19.8 Å². The lowest BCUT2D eigenvalue weighted by Gasteiger charge is -2.28. The predicted molar refractivity (Wildman–Crippen MR) is 240 cm³/mol. The lowest BCUT2D eigenvalue weighted by atomic mass is 10.1. The van der Waals surface area contributed by atoms with Crippen LogP contribution in [0.15, 0.2) is 72.9 Å². The van der Waals surface area contributed by atoms with Crippen LogP contribution in [0.4, 0.5) is 0 Å². The van der Waals surface area contributed by atoms with Gasteiger partial charge in [-0.3, -0.25) is 14.2 Å². The van der Waals surface area contributed by atoms with Gasteiger partial charge in [0.15, 0.2) is 6.10 Å². The second-order valence-corrected chi connectivity index (χ2v) is 17.5. The number of likely N-dealkylation sites (N-methyl/N-ethyl adjacent to an activating group) is 1. The maximum Gasteiger partial charge on any atom is 0.306 e. The lowest BCUT2D eigenvalue weighted by molar-refractivity contribution is -0.870. The van der Waals surface area contributed by atoms with Gasteiger partial charge in [-0.25, -0.2) is 0 Å². The Labute approximate surface area is 355 Å². The van der Waals surface area contributed by atoms with Crippen molar-refractivity contribution in [2.45, 2.75) is 174 Å². The number of rotatable bonds is 40. The fourth-order valence-corrected chi connectivity index (χ4v) is 6.35. The van der Waals surface area contributed by atoms with Crippen LogP contribution < -0.4 is 4.89 Å². The smallest absolute Gasteiger partial charge is 0.306 e. The van der Waals surface area contributed by atoms with Crippen LogP contribution in [-0.4, -0.2) is 70.0 Å². The average molecular weight is 834 g/mol. The van der Waals surface area contributed by atoms with Crippen molar-refractivity contribution in [2.75, 3.05) is 47.5 Å². The number of hydrogen-bond acceptors (Lipinski definition) is 8. The summed E-state index contributed by atoms with van der Waals surface area (Å²) < 4.78 is 33.8. The molecule has 0 N–H and O–H groups in total. The molecule has 334 valence electrons. The van der Waals surface area contributed by atoms with Gasteiger partial charge >= 0.3 is 11.9 Å². The van der Waals surface area contributed by atoms with E-state index in [1.54, 1.807) is 0 Å². The van der Waals surface area contributed by atoms with Crippen LogP contribution in [0, 0.1) is 0 Å². The Kier molecular flexibility index (Phi) is 38.1. The quantitative estimate of drug-likeness (QED) is 0.0197. The zero-order valence-electron chi connectivity index (χ0n) is 37.5. The second-order valence-electron chi connectivity index (χ2n) is 16.1. The molecule has 0 saturated carbocycles. The summed E-state index contributed by atoms with van der Waals surface area (Å²) in [7, 11) is 1.10. The van der Waals surface area contributed by atoms with Gasteiger partial charge in [-0.15, -0.1) is 0 Å². The first-order valence-electron chi connectivity index (χ1n) is 22.6. The molecule has 0 aliphatic carbocycles. The van der Waals surface area contributed by atoms with Crippen LogP contribution >= 0.6 is 7.82 Å². The van der Waals surface area contributed by atoms with E-state index in [1.807, 2.05) is 27.2 Å². The van der Waals surface area contributed by atoms with Gasteiger partial charge in [0.2, 0.25) is 0 Å². The number of nitrogens with zero attached hydrogens (tertiary/aromatic N) is 1.